The van der Waals surface area contributed by atoms with E-state index < -0.39 is 17.1 Å². The summed E-state index contributed by atoms with van der Waals surface area (Å²) in [5.74, 6) is -0.451. The van der Waals surface area contributed by atoms with Crippen molar-refractivity contribution < 1.29 is 5.11 Å². The lowest BCUT2D eigenvalue weighted by Crippen LogP contribution is -2.38. The van der Waals surface area contributed by atoms with Crippen molar-refractivity contribution in [2.75, 3.05) is 0 Å². The number of aromatic hydroxyl groups is 1. The molecule has 7 heteroatoms. The van der Waals surface area contributed by atoms with E-state index >= 15 is 0 Å². The van der Waals surface area contributed by atoms with Crippen molar-refractivity contribution in [2.45, 2.75) is 0 Å². The van der Waals surface area contributed by atoms with Gasteiger partial charge in [0.05, 0.1) is 12.4 Å². The van der Waals surface area contributed by atoms with Gasteiger partial charge in [0.1, 0.15) is 5.56 Å². The van der Waals surface area contributed by atoms with Crippen LogP contribution in [0.4, 0.5) is 0 Å². The Labute approximate surface area is 165 Å². The minimum absolute atomic E-state index is 0.102. The molecular weight excluding hydrogens is 368 g/mol. The maximum atomic E-state index is 12.2. The molecule has 29 heavy (non-hydrogen) atoms. The second kappa shape index (κ2) is 7.20. The van der Waals surface area contributed by atoms with Gasteiger partial charge in [0.25, 0.3) is 5.56 Å². The molecule has 1 aromatic heterocycles. The van der Waals surface area contributed by atoms with Crippen molar-refractivity contribution in [3.63, 3.8) is 0 Å². The summed E-state index contributed by atoms with van der Waals surface area (Å²) in [4.78, 5) is 24.0. The highest BCUT2D eigenvalue weighted by atomic mass is 16.3. The molecule has 0 spiro atoms. The first-order chi connectivity index (χ1) is 14.0. The average molecular weight is 386 g/mol. The van der Waals surface area contributed by atoms with Crippen LogP contribution in [0.5, 0.6) is 5.88 Å². The smallest absolute Gasteiger partial charge is 0.333 e. The van der Waals surface area contributed by atoms with Crippen molar-refractivity contribution in [3.05, 3.63) is 86.6 Å². The van der Waals surface area contributed by atoms with Crippen molar-refractivity contribution in [2.24, 2.45) is 24.3 Å². The van der Waals surface area contributed by atoms with E-state index in [1.165, 1.54) is 14.1 Å². The predicted molar refractivity (Wildman–Crippen MR) is 115 cm³/mol. The molecule has 0 aliphatic heterocycles. The molecule has 0 amide bonds. The number of fused-ring (bicyclic) bond motifs is 2. The predicted octanol–water partition coefficient (Wildman–Crippen LogP) is 2.55. The van der Waals surface area contributed by atoms with Gasteiger partial charge in [-0.25, -0.2) is 4.79 Å². The molecule has 4 aromatic rings. The summed E-state index contributed by atoms with van der Waals surface area (Å²) in [6, 6.07) is 18.1. The Morgan fingerprint density at radius 3 is 1.90 bits per heavy atom. The molecule has 7 nitrogen and oxygen atoms in total. The molecule has 0 atom stereocenters. The number of rotatable bonds is 3. The highest BCUT2D eigenvalue weighted by molar-refractivity contribution is 6.13. The van der Waals surface area contributed by atoms with E-state index in [4.69, 9.17) is 0 Å². The minimum Gasteiger partial charge on any atom is -0.494 e. The second-order valence-corrected chi connectivity index (χ2v) is 6.66. The Morgan fingerprint density at radius 1 is 0.793 bits per heavy atom. The first-order valence-corrected chi connectivity index (χ1v) is 8.95. The van der Waals surface area contributed by atoms with Gasteiger partial charge in [-0.1, -0.05) is 48.5 Å². The van der Waals surface area contributed by atoms with Gasteiger partial charge in [-0.05, 0) is 27.6 Å². The van der Waals surface area contributed by atoms with Gasteiger partial charge >= 0.3 is 5.69 Å². The monoisotopic (exact) mass is 386 g/mol. The van der Waals surface area contributed by atoms with E-state index in [1.54, 1.807) is 6.21 Å². The van der Waals surface area contributed by atoms with Gasteiger partial charge in [-0.3, -0.25) is 13.9 Å². The van der Waals surface area contributed by atoms with Crippen LogP contribution < -0.4 is 11.2 Å². The Balaban J connectivity index is 1.81. The molecule has 0 aliphatic rings. The summed E-state index contributed by atoms with van der Waals surface area (Å²) >= 11 is 0. The summed E-state index contributed by atoms with van der Waals surface area (Å²) in [6.07, 6.45) is 2.78. The average Bonchev–Trinajstić information content (AvgIpc) is 2.75. The zero-order valence-electron chi connectivity index (χ0n) is 15.9. The van der Waals surface area contributed by atoms with E-state index in [0.29, 0.717) is 0 Å². The van der Waals surface area contributed by atoms with Crippen LogP contribution in [0.1, 0.15) is 11.1 Å². The zero-order valence-corrected chi connectivity index (χ0v) is 15.9. The SMILES string of the molecule is Cn1c(O)c(C=N/N=C/c2c3ccccc3cc3ccccc23)c(=O)n(C)c1=O. The Morgan fingerprint density at radius 2 is 1.31 bits per heavy atom. The van der Waals surface area contributed by atoms with Crippen LogP contribution in [0.3, 0.4) is 0 Å². The second-order valence-electron chi connectivity index (χ2n) is 6.66. The molecule has 3 aromatic carbocycles. The molecule has 0 aliphatic carbocycles. The van der Waals surface area contributed by atoms with Crippen molar-refractivity contribution in [1.82, 2.24) is 9.13 Å². The van der Waals surface area contributed by atoms with E-state index in [9.17, 15) is 14.7 Å². The van der Waals surface area contributed by atoms with Crippen LogP contribution in [0.15, 0.2) is 74.4 Å². The molecule has 0 saturated heterocycles. The molecule has 144 valence electrons. The highest BCUT2D eigenvalue weighted by Crippen LogP contribution is 2.27. The first-order valence-electron chi connectivity index (χ1n) is 8.95. The summed E-state index contributed by atoms with van der Waals surface area (Å²) in [5.41, 5.74) is -0.446. The Hall–Kier alpha value is -4.00. The van der Waals surface area contributed by atoms with E-state index in [0.717, 1.165) is 42.5 Å². The van der Waals surface area contributed by atoms with Gasteiger partial charge in [-0.2, -0.15) is 10.2 Å². The van der Waals surface area contributed by atoms with E-state index in [1.807, 2.05) is 48.5 Å². The normalized spacial score (nSPS) is 11.9. The molecule has 0 fully saturated rings. The van der Waals surface area contributed by atoms with Crippen LogP contribution in [-0.2, 0) is 14.1 Å². The van der Waals surface area contributed by atoms with Crippen molar-refractivity contribution in [1.29, 1.82) is 0 Å². The fourth-order valence-electron chi connectivity index (χ4n) is 3.34. The molecule has 0 saturated carbocycles. The number of hydrogen-bond acceptors (Lipinski definition) is 5. The Kier molecular flexibility index (Phi) is 4.56. The van der Waals surface area contributed by atoms with Gasteiger partial charge in [-0.15, -0.1) is 0 Å². The van der Waals surface area contributed by atoms with Crippen LogP contribution in [0.25, 0.3) is 21.5 Å². The summed E-state index contributed by atoms with van der Waals surface area (Å²) < 4.78 is 1.88. The molecule has 0 bridgehead atoms. The molecule has 1 N–H and O–H groups in total. The standard InChI is InChI=1S/C22H18N4O3/c1-25-20(27)19(21(28)26(2)22(25)29)13-24-23-12-18-16-9-5-3-7-14(16)11-15-8-4-6-10-17(15)18/h3-13,27H,1-2H3/b23-12+,24-13?. The fourth-order valence-corrected chi connectivity index (χ4v) is 3.34. The van der Waals surface area contributed by atoms with Crippen molar-refractivity contribution in [3.8, 4) is 5.88 Å². The number of aromatic nitrogens is 2. The number of benzene rings is 3. The van der Waals surface area contributed by atoms with Gasteiger partial charge in [0.15, 0.2) is 0 Å². The zero-order chi connectivity index (χ0) is 20.5. The van der Waals surface area contributed by atoms with Crippen LogP contribution >= 0.6 is 0 Å². The number of nitrogens with zero attached hydrogens (tertiary/aromatic N) is 4. The third-order valence-electron chi connectivity index (χ3n) is 4.92. The lowest BCUT2D eigenvalue weighted by molar-refractivity contribution is 0.410. The molecule has 0 radical (unpaired) electrons. The molecular formula is C22H18N4O3. The topological polar surface area (TPSA) is 88.9 Å². The fraction of sp³-hybridized carbons (Fsp3) is 0.0909. The van der Waals surface area contributed by atoms with Crippen LogP contribution in [-0.4, -0.2) is 26.7 Å². The Bertz CT molecular complexity index is 1370. The van der Waals surface area contributed by atoms with Gasteiger partial charge < -0.3 is 5.11 Å². The minimum atomic E-state index is -0.639. The van der Waals surface area contributed by atoms with Crippen LogP contribution in [0, 0.1) is 0 Å². The third-order valence-corrected chi connectivity index (χ3v) is 4.92. The summed E-state index contributed by atoms with van der Waals surface area (Å²) in [5, 5.41) is 22.4. The van der Waals surface area contributed by atoms with Crippen molar-refractivity contribution >= 4 is 34.0 Å². The maximum Gasteiger partial charge on any atom is 0.333 e. The molecule has 1 heterocycles. The lowest BCUT2D eigenvalue weighted by Gasteiger charge is -2.07. The van der Waals surface area contributed by atoms with Gasteiger partial charge in [0.2, 0.25) is 5.88 Å². The number of hydrogen-bond donors (Lipinski definition) is 1. The quantitative estimate of drug-likeness (QED) is 0.333. The van der Waals surface area contributed by atoms with E-state index in [2.05, 4.69) is 16.3 Å². The molecule has 0 unspecified atom stereocenters. The van der Waals surface area contributed by atoms with E-state index in [-0.39, 0.29) is 5.56 Å². The molecule has 4 rings (SSSR count). The van der Waals surface area contributed by atoms with Crippen LogP contribution in [0.2, 0.25) is 0 Å². The highest BCUT2D eigenvalue weighted by Gasteiger charge is 2.12. The summed E-state index contributed by atoms with van der Waals surface area (Å²) in [7, 11) is 2.72. The summed E-state index contributed by atoms with van der Waals surface area (Å²) in [6.45, 7) is 0. The maximum absolute atomic E-state index is 12.2. The third kappa shape index (κ3) is 3.12. The van der Waals surface area contributed by atoms with Gasteiger partial charge in [0, 0.05) is 19.7 Å². The first kappa shape index (κ1) is 18.4. The largest absolute Gasteiger partial charge is 0.494 e. The lowest BCUT2D eigenvalue weighted by atomic mass is 9.97.